The fourth-order valence-electron chi connectivity index (χ4n) is 1.88. The van der Waals surface area contributed by atoms with Crippen LogP contribution in [0.2, 0.25) is 10.0 Å². The van der Waals surface area contributed by atoms with Gasteiger partial charge in [-0.15, -0.1) is 0 Å². The molecule has 0 saturated heterocycles. The summed E-state index contributed by atoms with van der Waals surface area (Å²) in [6, 6.07) is 10.6. The van der Waals surface area contributed by atoms with E-state index in [-0.39, 0.29) is 28.8 Å². The maximum Gasteiger partial charge on any atom is 0.416 e. The second-order valence-corrected chi connectivity index (χ2v) is 5.84. The average molecular weight is 402 g/mol. The van der Waals surface area contributed by atoms with Gasteiger partial charge in [-0.3, -0.25) is 0 Å². The highest BCUT2D eigenvalue weighted by atomic mass is 35.5. The molecule has 1 N–H and O–H groups in total. The first-order chi connectivity index (χ1) is 12.3. The fourth-order valence-corrected chi connectivity index (χ4v) is 2.46. The van der Waals surface area contributed by atoms with E-state index in [1.807, 2.05) is 30.3 Å². The second kappa shape index (κ2) is 8.84. The molecule has 0 spiro atoms. The standard InChI is InChI=1S/C18H12Cl2F3NO2/c19-15-9-13(18(21,22)23)10-16(20)14(15)7-4-8-24-17(25)26-11-12-5-2-1-3-6-12/h1-3,5-6,9-10H,8,11H2,(H,24,25). The molecule has 26 heavy (non-hydrogen) atoms. The van der Waals surface area contributed by atoms with E-state index in [1.165, 1.54) is 0 Å². The molecule has 0 bridgehead atoms. The summed E-state index contributed by atoms with van der Waals surface area (Å²) in [4.78, 5) is 11.5. The molecule has 0 aliphatic carbocycles. The summed E-state index contributed by atoms with van der Waals surface area (Å²) in [5.41, 5.74) is -0.0708. The zero-order valence-corrected chi connectivity index (χ0v) is 14.7. The molecule has 1 amide bonds. The number of amides is 1. The summed E-state index contributed by atoms with van der Waals surface area (Å²) in [5.74, 6) is 5.10. The highest BCUT2D eigenvalue weighted by Gasteiger charge is 2.31. The molecule has 2 aromatic carbocycles. The van der Waals surface area contributed by atoms with Gasteiger partial charge in [0.25, 0.3) is 0 Å². The molecule has 2 rings (SSSR count). The number of benzene rings is 2. The number of alkyl carbamates (subject to hydrolysis) is 1. The number of carbonyl (C=O) groups excluding carboxylic acids is 1. The third kappa shape index (κ3) is 5.87. The molecular formula is C18H12Cl2F3NO2. The molecule has 0 saturated carbocycles. The van der Waals surface area contributed by atoms with Gasteiger partial charge in [-0.1, -0.05) is 65.4 Å². The van der Waals surface area contributed by atoms with Gasteiger partial charge in [0, 0.05) is 0 Å². The van der Waals surface area contributed by atoms with Crippen LogP contribution in [0.5, 0.6) is 0 Å². The maximum absolute atomic E-state index is 12.7. The lowest BCUT2D eigenvalue weighted by Gasteiger charge is -2.09. The van der Waals surface area contributed by atoms with Crippen molar-refractivity contribution < 1.29 is 22.7 Å². The van der Waals surface area contributed by atoms with Crippen molar-refractivity contribution >= 4 is 29.3 Å². The van der Waals surface area contributed by atoms with Crippen LogP contribution in [0, 0.1) is 11.8 Å². The Balaban J connectivity index is 1.91. The van der Waals surface area contributed by atoms with Crippen molar-refractivity contribution in [2.75, 3.05) is 6.54 Å². The molecule has 0 atom stereocenters. The minimum Gasteiger partial charge on any atom is -0.445 e. The Kier molecular flexibility index (Phi) is 6.78. The topological polar surface area (TPSA) is 38.3 Å². The van der Waals surface area contributed by atoms with Crippen LogP contribution in [-0.4, -0.2) is 12.6 Å². The summed E-state index contributed by atoms with van der Waals surface area (Å²) in [6.45, 7) is 0.0258. The lowest BCUT2D eigenvalue weighted by molar-refractivity contribution is -0.137. The summed E-state index contributed by atoms with van der Waals surface area (Å²) in [6.07, 6.45) is -5.23. The number of halogens is 5. The summed E-state index contributed by atoms with van der Waals surface area (Å²) in [5, 5.41) is 1.96. The van der Waals surface area contributed by atoms with Crippen LogP contribution in [0.4, 0.5) is 18.0 Å². The number of ether oxygens (including phenoxy) is 1. The minimum absolute atomic E-state index is 0.0563. The van der Waals surface area contributed by atoms with Crippen LogP contribution in [0.15, 0.2) is 42.5 Å². The van der Waals surface area contributed by atoms with Crippen LogP contribution >= 0.6 is 23.2 Å². The van der Waals surface area contributed by atoms with Gasteiger partial charge >= 0.3 is 12.3 Å². The van der Waals surface area contributed by atoms with Gasteiger partial charge in [0.15, 0.2) is 0 Å². The number of rotatable bonds is 3. The number of hydrogen-bond donors (Lipinski definition) is 1. The van der Waals surface area contributed by atoms with E-state index in [4.69, 9.17) is 27.9 Å². The van der Waals surface area contributed by atoms with Gasteiger partial charge in [0.2, 0.25) is 0 Å². The summed E-state index contributed by atoms with van der Waals surface area (Å²) in [7, 11) is 0. The van der Waals surface area contributed by atoms with E-state index in [9.17, 15) is 18.0 Å². The van der Waals surface area contributed by atoms with Crippen LogP contribution < -0.4 is 5.32 Å². The van der Waals surface area contributed by atoms with Crippen molar-refractivity contribution in [3.05, 3.63) is 69.2 Å². The molecule has 0 fully saturated rings. The van der Waals surface area contributed by atoms with Gasteiger partial charge in [-0.2, -0.15) is 13.2 Å². The SMILES string of the molecule is O=C(NCC#Cc1c(Cl)cc(C(F)(F)F)cc1Cl)OCc1ccccc1. The van der Waals surface area contributed by atoms with Crippen LogP contribution in [0.3, 0.4) is 0 Å². The lowest BCUT2D eigenvalue weighted by Crippen LogP contribution is -2.24. The number of hydrogen-bond acceptors (Lipinski definition) is 2. The van der Waals surface area contributed by atoms with Crippen molar-refractivity contribution in [2.45, 2.75) is 12.8 Å². The van der Waals surface area contributed by atoms with E-state index in [0.717, 1.165) is 17.7 Å². The Morgan fingerprint density at radius 1 is 1.12 bits per heavy atom. The van der Waals surface area contributed by atoms with E-state index in [2.05, 4.69) is 17.2 Å². The lowest BCUT2D eigenvalue weighted by atomic mass is 10.1. The monoisotopic (exact) mass is 401 g/mol. The second-order valence-electron chi connectivity index (χ2n) is 5.03. The zero-order chi connectivity index (χ0) is 19.2. The minimum atomic E-state index is -4.55. The number of carbonyl (C=O) groups is 1. The predicted octanol–water partition coefficient (Wildman–Crippen LogP) is 5.29. The largest absolute Gasteiger partial charge is 0.445 e. The van der Waals surface area contributed by atoms with Gasteiger partial charge in [-0.05, 0) is 17.7 Å². The molecule has 0 aromatic heterocycles. The van der Waals surface area contributed by atoms with Crippen LogP contribution in [-0.2, 0) is 17.5 Å². The zero-order valence-electron chi connectivity index (χ0n) is 13.2. The molecule has 0 radical (unpaired) electrons. The van der Waals surface area contributed by atoms with Gasteiger partial charge in [0.1, 0.15) is 6.61 Å². The third-order valence-electron chi connectivity index (χ3n) is 3.12. The molecule has 3 nitrogen and oxygen atoms in total. The van der Waals surface area contributed by atoms with E-state index in [0.29, 0.717) is 0 Å². The van der Waals surface area contributed by atoms with Gasteiger partial charge in [-0.25, -0.2) is 4.79 Å². The molecule has 0 heterocycles. The first-order valence-corrected chi connectivity index (χ1v) is 8.02. The quantitative estimate of drug-likeness (QED) is 0.709. The van der Waals surface area contributed by atoms with E-state index < -0.39 is 17.8 Å². The van der Waals surface area contributed by atoms with Crippen LogP contribution in [0.25, 0.3) is 0 Å². The fraction of sp³-hybridized carbons (Fsp3) is 0.167. The molecule has 0 aliphatic rings. The van der Waals surface area contributed by atoms with Crippen molar-refractivity contribution in [2.24, 2.45) is 0 Å². The molecular weight excluding hydrogens is 390 g/mol. The Bertz CT molecular complexity index is 820. The van der Waals surface area contributed by atoms with E-state index >= 15 is 0 Å². The third-order valence-corrected chi connectivity index (χ3v) is 3.71. The Hall–Kier alpha value is -2.36. The average Bonchev–Trinajstić information content (AvgIpc) is 2.58. The summed E-state index contributed by atoms with van der Waals surface area (Å²) < 4.78 is 43.0. The molecule has 136 valence electrons. The normalized spacial score (nSPS) is 10.7. The van der Waals surface area contributed by atoms with Gasteiger partial charge in [0.05, 0.1) is 27.7 Å². The van der Waals surface area contributed by atoms with E-state index in [1.54, 1.807) is 0 Å². The first kappa shape index (κ1) is 20.0. The van der Waals surface area contributed by atoms with Crippen molar-refractivity contribution in [3.8, 4) is 11.8 Å². The Morgan fingerprint density at radius 2 is 1.73 bits per heavy atom. The van der Waals surface area contributed by atoms with Crippen molar-refractivity contribution in [1.82, 2.24) is 5.32 Å². The predicted molar refractivity (Wildman–Crippen MR) is 93.0 cm³/mol. The molecule has 8 heteroatoms. The number of alkyl halides is 3. The molecule has 0 aliphatic heterocycles. The summed E-state index contributed by atoms with van der Waals surface area (Å²) >= 11 is 11.6. The Morgan fingerprint density at radius 3 is 2.31 bits per heavy atom. The van der Waals surface area contributed by atoms with Crippen molar-refractivity contribution in [3.63, 3.8) is 0 Å². The highest BCUT2D eigenvalue weighted by molar-refractivity contribution is 6.36. The first-order valence-electron chi connectivity index (χ1n) is 7.27. The maximum atomic E-state index is 12.7. The highest BCUT2D eigenvalue weighted by Crippen LogP contribution is 2.35. The number of nitrogens with one attached hydrogen (secondary N) is 1. The smallest absolute Gasteiger partial charge is 0.416 e. The van der Waals surface area contributed by atoms with Crippen molar-refractivity contribution in [1.29, 1.82) is 0 Å². The Labute approximate surface area is 158 Å². The van der Waals surface area contributed by atoms with Gasteiger partial charge < -0.3 is 10.1 Å². The molecule has 2 aromatic rings. The molecule has 0 unspecified atom stereocenters. The van der Waals surface area contributed by atoms with Crippen LogP contribution in [0.1, 0.15) is 16.7 Å².